The van der Waals surface area contributed by atoms with E-state index in [2.05, 4.69) is 10.6 Å². The number of hydrogen-bond donors (Lipinski definition) is 2. The van der Waals surface area contributed by atoms with Crippen LogP contribution in [0.15, 0.2) is 53.4 Å². The highest BCUT2D eigenvalue weighted by Crippen LogP contribution is 2.28. The van der Waals surface area contributed by atoms with Gasteiger partial charge in [-0.05, 0) is 61.4 Å². The lowest BCUT2D eigenvalue weighted by atomic mass is 10.2. The smallest absolute Gasteiger partial charge is 0.243 e. The second-order valence-corrected chi connectivity index (χ2v) is 8.80. The van der Waals surface area contributed by atoms with Crippen LogP contribution in [0.3, 0.4) is 0 Å². The minimum Gasteiger partial charge on any atom is -0.326 e. The molecule has 1 aliphatic rings. The SMILES string of the molecule is CC(=O)Nc1ccc(NC(=O)[C@H]2CCCN2S(=O)(=O)c2ccc(Cl)cc2)cc1. The average molecular weight is 422 g/mol. The number of anilines is 2. The maximum atomic E-state index is 12.9. The van der Waals surface area contributed by atoms with Gasteiger partial charge in [0.25, 0.3) is 0 Å². The van der Waals surface area contributed by atoms with Crippen molar-refractivity contribution in [3.8, 4) is 0 Å². The molecule has 0 saturated carbocycles. The third-order valence-corrected chi connectivity index (χ3v) is 6.57. The molecular formula is C19H20ClN3O4S. The van der Waals surface area contributed by atoms with Crippen molar-refractivity contribution in [3.05, 3.63) is 53.6 Å². The number of nitrogens with one attached hydrogen (secondary N) is 2. The molecule has 0 aliphatic carbocycles. The first kappa shape index (κ1) is 20.3. The molecule has 2 aromatic rings. The molecule has 9 heteroatoms. The maximum Gasteiger partial charge on any atom is 0.243 e. The van der Waals surface area contributed by atoms with E-state index in [-0.39, 0.29) is 23.3 Å². The van der Waals surface area contributed by atoms with Gasteiger partial charge < -0.3 is 10.6 Å². The number of rotatable bonds is 5. The molecule has 148 valence electrons. The predicted octanol–water partition coefficient (Wildman–Crippen LogP) is 3.09. The van der Waals surface area contributed by atoms with E-state index in [1.54, 1.807) is 24.3 Å². The highest BCUT2D eigenvalue weighted by Gasteiger charge is 2.39. The Labute approximate surface area is 168 Å². The number of halogens is 1. The number of benzene rings is 2. The van der Waals surface area contributed by atoms with Gasteiger partial charge in [0.15, 0.2) is 0 Å². The average Bonchev–Trinajstić information content (AvgIpc) is 3.14. The van der Waals surface area contributed by atoms with Gasteiger partial charge in [-0.2, -0.15) is 4.31 Å². The van der Waals surface area contributed by atoms with Crippen LogP contribution >= 0.6 is 11.6 Å². The second kappa shape index (κ2) is 8.30. The molecular weight excluding hydrogens is 402 g/mol. The fraction of sp³-hybridized carbons (Fsp3) is 0.263. The third kappa shape index (κ3) is 4.52. The van der Waals surface area contributed by atoms with Crippen LogP contribution in [-0.2, 0) is 19.6 Å². The van der Waals surface area contributed by atoms with Crippen molar-refractivity contribution in [2.45, 2.75) is 30.7 Å². The van der Waals surface area contributed by atoms with Gasteiger partial charge in [0.1, 0.15) is 6.04 Å². The van der Waals surface area contributed by atoms with Gasteiger partial charge in [-0.25, -0.2) is 8.42 Å². The highest BCUT2D eigenvalue weighted by atomic mass is 35.5. The maximum absolute atomic E-state index is 12.9. The number of carbonyl (C=O) groups is 2. The van der Waals surface area contributed by atoms with E-state index < -0.39 is 16.1 Å². The fourth-order valence-corrected chi connectivity index (χ4v) is 4.88. The molecule has 1 fully saturated rings. The number of amides is 2. The molecule has 0 spiro atoms. The summed E-state index contributed by atoms with van der Waals surface area (Å²) in [5.41, 5.74) is 1.13. The Morgan fingerprint density at radius 3 is 2.14 bits per heavy atom. The topological polar surface area (TPSA) is 95.6 Å². The van der Waals surface area contributed by atoms with Crippen LogP contribution in [0.2, 0.25) is 5.02 Å². The summed E-state index contributed by atoms with van der Waals surface area (Å²) in [4.78, 5) is 23.9. The zero-order valence-corrected chi connectivity index (χ0v) is 16.8. The van der Waals surface area contributed by atoms with Gasteiger partial charge in [-0.3, -0.25) is 9.59 Å². The summed E-state index contributed by atoms with van der Waals surface area (Å²) in [6, 6.07) is 11.7. The Hall–Kier alpha value is -2.42. The summed E-state index contributed by atoms with van der Waals surface area (Å²) in [5.74, 6) is -0.576. The Morgan fingerprint density at radius 1 is 1.00 bits per heavy atom. The van der Waals surface area contributed by atoms with Gasteiger partial charge in [0, 0.05) is 29.9 Å². The molecule has 2 aromatic carbocycles. The first-order valence-electron chi connectivity index (χ1n) is 8.73. The van der Waals surface area contributed by atoms with Crippen LogP contribution < -0.4 is 10.6 Å². The Morgan fingerprint density at radius 2 is 1.57 bits per heavy atom. The lowest BCUT2D eigenvalue weighted by Crippen LogP contribution is -2.43. The van der Waals surface area contributed by atoms with Gasteiger partial charge in [-0.1, -0.05) is 11.6 Å². The fourth-order valence-electron chi connectivity index (χ4n) is 3.10. The summed E-state index contributed by atoms with van der Waals surface area (Å²) in [6.07, 6.45) is 1.05. The standard InChI is InChI=1S/C19H20ClN3O4S/c1-13(24)21-15-6-8-16(9-7-15)22-19(25)18-3-2-12-23(18)28(26,27)17-10-4-14(20)5-11-17/h4-11,18H,2-3,12H2,1H3,(H,21,24)(H,22,25)/t18-/m1/s1. The molecule has 2 amide bonds. The predicted molar refractivity (Wildman–Crippen MR) is 108 cm³/mol. The first-order valence-corrected chi connectivity index (χ1v) is 10.5. The van der Waals surface area contributed by atoms with Crippen molar-refractivity contribution in [3.63, 3.8) is 0 Å². The van der Waals surface area contributed by atoms with Gasteiger partial charge >= 0.3 is 0 Å². The van der Waals surface area contributed by atoms with Crippen molar-refractivity contribution in [1.82, 2.24) is 4.31 Å². The van der Waals surface area contributed by atoms with Gasteiger partial charge in [0.2, 0.25) is 21.8 Å². The van der Waals surface area contributed by atoms with Crippen molar-refractivity contribution in [2.24, 2.45) is 0 Å². The summed E-state index contributed by atoms with van der Waals surface area (Å²) in [6.45, 7) is 1.69. The van der Waals surface area contributed by atoms with Crippen LogP contribution in [0, 0.1) is 0 Å². The van der Waals surface area contributed by atoms with E-state index in [4.69, 9.17) is 11.6 Å². The lowest BCUT2D eigenvalue weighted by Gasteiger charge is -2.23. The Kier molecular flexibility index (Phi) is 6.02. The Bertz CT molecular complexity index is 975. The number of hydrogen-bond acceptors (Lipinski definition) is 4. The van der Waals surface area contributed by atoms with E-state index in [0.717, 1.165) is 0 Å². The first-order chi connectivity index (χ1) is 13.3. The van der Waals surface area contributed by atoms with E-state index in [1.807, 2.05) is 0 Å². The summed E-state index contributed by atoms with van der Waals surface area (Å²) >= 11 is 5.83. The molecule has 0 aromatic heterocycles. The monoisotopic (exact) mass is 421 g/mol. The number of nitrogens with zero attached hydrogens (tertiary/aromatic N) is 1. The largest absolute Gasteiger partial charge is 0.326 e. The van der Waals surface area contributed by atoms with E-state index in [0.29, 0.717) is 29.2 Å². The summed E-state index contributed by atoms with van der Waals surface area (Å²) in [5, 5.41) is 5.83. The molecule has 1 aliphatic heterocycles. The number of carbonyl (C=O) groups excluding carboxylic acids is 2. The third-order valence-electron chi connectivity index (χ3n) is 4.40. The van der Waals surface area contributed by atoms with Crippen molar-refractivity contribution in [2.75, 3.05) is 17.2 Å². The van der Waals surface area contributed by atoms with Gasteiger partial charge in [-0.15, -0.1) is 0 Å². The van der Waals surface area contributed by atoms with Crippen LogP contribution in [0.5, 0.6) is 0 Å². The van der Waals surface area contributed by atoms with Gasteiger partial charge in [0.05, 0.1) is 4.90 Å². The summed E-state index contributed by atoms with van der Waals surface area (Å²) < 4.78 is 27.1. The van der Waals surface area contributed by atoms with Crippen molar-refractivity contribution < 1.29 is 18.0 Å². The second-order valence-electron chi connectivity index (χ2n) is 6.48. The zero-order chi connectivity index (χ0) is 20.3. The van der Waals surface area contributed by atoms with E-state index >= 15 is 0 Å². The zero-order valence-electron chi connectivity index (χ0n) is 15.2. The van der Waals surface area contributed by atoms with E-state index in [1.165, 1.54) is 35.5 Å². The molecule has 7 nitrogen and oxygen atoms in total. The van der Waals surface area contributed by atoms with Crippen LogP contribution in [0.1, 0.15) is 19.8 Å². The molecule has 3 rings (SSSR count). The van der Waals surface area contributed by atoms with Crippen molar-refractivity contribution >= 4 is 44.8 Å². The van der Waals surface area contributed by atoms with E-state index in [9.17, 15) is 18.0 Å². The van der Waals surface area contributed by atoms with Crippen molar-refractivity contribution in [1.29, 1.82) is 0 Å². The lowest BCUT2D eigenvalue weighted by molar-refractivity contribution is -0.119. The number of sulfonamides is 1. The molecule has 2 N–H and O–H groups in total. The molecule has 1 atom stereocenters. The highest BCUT2D eigenvalue weighted by molar-refractivity contribution is 7.89. The minimum atomic E-state index is -3.80. The molecule has 28 heavy (non-hydrogen) atoms. The van der Waals surface area contributed by atoms with Crippen LogP contribution in [-0.4, -0.2) is 37.1 Å². The minimum absolute atomic E-state index is 0.108. The summed E-state index contributed by atoms with van der Waals surface area (Å²) in [7, 11) is -3.80. The Balaban J connectivity index is 1.74. The normalized spacial score (nSPS) is 17.3. The quantitative estimate of drug-likeness (QED) is 0.775. The molecule has 1 heterocycles. The van der Waals surface area contributed by atoms with Crippen LogP contribution in [0.25, 0.3) is 0 Å². The molecule has 0 radical (unpaired) electrons. The van der Waals surface area contributed by atoms with Crippen LogP contribution in [0.4, 0.5) is 11.4 Å². The molecule has 0 unspecified atom stereocenters. The molecule has 0 bridgehead atoms. The molecule has 1 saturated heterocycles.